The molecule has 1 heterocycles. The van der Waals surface area contributed by atoms with Crippen molar-refractivity contribution in [1.29, 1.82) is 0 Å². The van der Waals surface area contributed by atoms with Crippen LogP contribution in [0.3, 0.4) is 0 Å². The average molecular weight is 389 g/mol. The summed E-state index contributed by atoms with van der Waals surface area (Å²) in [5, 5.41) is 6.06. The van der Waals surface area contributed by atoms with Crippen LogP contribution in [-0.2, 0) is 0 Å². The second-order valence-corrected chi connectivity index (χ2v) is 6.84. The Morgan fingerprint density at radius 1 is 0.931 bits per heavy atom. The summed E-state index contributed by atoms with van der Waals surface area (Å²) in [5.74, 6) is 0.416. The summed E-state index contributed by atoms with van der Waals surface area (Å²) < 4.78 is 5.81. The molecule has 0 fully saturated rings. The molecule has 0 radical (unpaired) electrons. The molecule has 0 aliphatic rings. The second-order valence-electron chi connectivity index (χ2n) is 6.84. The van der Waals surface area contributed by atoms with Crippen LogP contribution in [0.15, 0.2) is 67.0 Å². The van der Waals surface area contributed by atoms with Crippen molar-refractivity contribution >= 4 is 28.8 Å². The van der Waals surface area contributed by atoms with Crippen molar-refractivity contribution in [1.82, 2.24) is 4.98 Å². The van der Waals surface area contributed by atoms with Crippen LogP contribution in [-0.4, -0.2) is 22.8 Å². The van der Waals surface area contributed by atoms with E-state index in [1.54, 1.807) is 36.5 Å². The minimum atomic E-state index is -0.288. The van der Waals surface area contributed by atoms with Gasteiger partial charge in [0.25, 0.3) is 5.91 Å². The normalized spacial score (nSPS) is 10.5. The zero-order valence-electron chi connectivity index (χ0n) is 16.6. The molecule has 0 saturated heterocycles. The molecular weight excluding hydrogens is 366 g/mol. The SMILES string of the molecule is CC(=O)c1ccc(NC(=O)c2cncc(Nc3ccccc3OC(C)C)c2)cc1. The lowest BCUT2D eigenvalue weighted by molar-refractivity contribution is 0.101. The number of rotatable bonds is 7. The van der Waals surface area contributed by atoms with Gasteiger partial charge in [-0.15, -0.1) is 0 Å². The van der Waals surface area contributed by atoms with E-state index >= 15 is 0 Å². The van der Waals surface area contributed by atoms with Gasteiger partial charge >= 0.3 is 0 Å². The number of pyridine rings is 1. The lowest BCUT2D eigenvalue weighted by Gasteiger charge is -2.15. The largest absolute Gasteiger partial charge is 0.489 e. The van der Waals surface area contributed by atoms with Crippen molar-refractivity contribution < 1.29 is 14.3 Å². The standard InChI is InChI=1S/C23H23N3O3/c1-15(2)29-22-7-5-4-6-21(22)25-20-12-18(13-24-14-20)23(28)26-19-10-8-17(9-11-19)16(3)27/h4-15,25H,1-3H3,(H,26,28). The van der Waals surface area contributed by atoms with Crippen LogP contribution in [0.4, 0.5) is 17.1 Å². The number of anilines is 3. The first-order valence-corrected chi connectivity index (χ1v) is 9.32. The van der Waals surface area contributed by atoms with Crippen molar-refractivity contribution in [3.05, 3.63) is 78.1 Å². The minimum absolute atomic E-state index is 0.0208. The van der Waals surface area contributed by atoms with E-state index in [0.717, 1.165) is 11.4 Å². The van der Waals surface area contributed by atoms with Crippen molar-refractivity contribution in [2.75, 3.05) is 10.6 Å². The summed E-state index contributed by atoms with van der Waals surface area (Å²) >= 11 is 0. The molecule has 0 spiro atoms. The van der Waals surface area contributed by atoms with Gasteiger partial charge in [-0.25, -0.2) is 0 Å². The third-order valence-electron chi connectivity index (χ3n) is 4.08. The Bertz CT molecular complexity index is 1010. The number of nitrogens with one attached hydrogen (secondary N) is 2. The lowest BCUT2D eigenvalue weighted by Crippen LogP contribution is -2.12. The number of ketones is 1. The summed E-state index contributed by atoms with van der Waals surface area (Å²) in [4.78, 5) is 28.1. The van der Waals surface area contributed by atoms with Crippen molar-refractivity contribution in [2.45, 2.75) is 26.9 Å². The van der Waals surface area contributed by atoms with Gasteiger partial charge in [0.15, 0.2) is 5.78 Å². The zero-order valence-corrected chi connectivity index (χ0v) is 16.6. The fourth-order valence-corrected chi connectivity index (χ4v) is 2.71. The van der Waals surface area contributed by atoms with E-state index in [4.69, 9.17) is 4.74 Å². The van der Waals surface area contributed by atoms with E-state index in [9.17, 15) is 9.59 Å². The summed E-state index contributed by atoms with van der Waals surface area (Å²) in [6.45, 7) is 5.43. The Morgan fingerprint density at radius 3 is 2.34 bits per heavy atom. The number of ether oxygens (including phenoxy) is 1. The van der Waals surface area contributed by atoms with Gasteiger partial charge < -0.3 is 15.4 Å². The number of nitrogens with zero attached hydrogens (tertiary/aromatic N) is 1. The van der Waals surface area contributed by atoms with Crippen molar-refractivity contribution in [3.63, 3.8) is 0 Å². The van der Waals surface area contributed by atoms with Gasteiger partial charge in [-0.05, 0) is 63.2 Å². The molecule has 0 unspecified atom stereocenters. The van der Waals surface area contributed by atoms with E-state index in [0.29, 0.717) is 22.5 Å². The van der Waals surface area contributed by atoms with E-state index in [1.165, 1.54) is 13.1 Å². The quantitative estimate of drug-likeness (QED) is 0.552. The molecule has 3 aromatic rings. The number of amides is 1. The van der Waals surface area contributed by atoms with Crippen molar-refractivity contribution in [3.8, 4) is 5.75 Å². The van der Waals surface area contributed by atoms with Gasteiger partial charge in [0.2, 0.25) is 0 Å². The molecule has 2 aromatic carbocycles. The minimum Gasteiger partial charge on any atom is -0.489 e. The molecule has 148 valence electrons. The maximum atomic E-state index is 12.6. The molecule has 29 heavy (non-hydrogen) atoms. The number of carbonyl (C=O) groups is 2. The van der Waals surface area contributed by atoms with Crippen LogP contribution in [0.1, 0.15) is 41.5 Å². The van der Waals surface area contributed by atoms with Crippen molar-refractivity contribution in [2.24, 2.45) is 0 Å². The molecule has 2 N–H and O–H groups in total. The molecule has 0 saturated carbocycles. The number of hydrogen-bond acceptors (Lipinski definition) is 5. The van der Waals surface area contributed by atoms with Gasteiger partial charge in [-0.1, -0.05) is 12.1 Å². The van der Waals surface area contributed by atoms with Crippen LogP contribution in [0.2, 0.25) is 0 Å². The highest BCUT2D eigenvalue weighted by atomic mass is 16.5. The summed E-state index contributed by atoms with van der Waals surface area (Å²) in [6, 6.07) is 16.1. The van der Waals surface area contributed by atoms with E-state index in [1.807, 2.05) is 38.1 Å². The zero-order chi connectivity index (χ0) is 20.8. The Kier molecular flexibility index (Phi) is 6.24. The van der Waals surface area contributed by atoms with Gasteiger partial charge in [-0.3, -0.25) is 14.6 Å². The maximum absolute atomic E-state index is 12.6. The highest BCUT2D eigenvalue weighted by Crippen LogP contribution is 2.28. The first kappa shape index (κ1) is 20.1. The fourth-order valence-electron chi connectivity index (χ4n) is 2.71. The van der Waals surface area contributed by atoms with E-state index < -0.39 is 0 Å². The Morgan fingerprint density at radius 2 is 1.66 bits per heavy atom. The number of aromatic nitrogens is 1. The van der Waals surface area contributed by atoms with Gasteiger partial charge in [0.05, 0.1) is 29.2 Å². The molecular formula is C23H23N3O3. The Hall–Kier alpha value is -3.67. The molecule has 6 nitrogen and oxygen atoms in total. The summed E-state index contributed by atoms with van der Waals surface area (Å²) in [7, 11) is 0. The van der Waals surface area contributed by atoms with Crippen LogP contribution in [0, 0.1) is 0 Å². The predicted molar refractivity (Wildman–Crippen MR) is 114 cm³/mol. The number of carbonyl (C=O) groups excluding carboxylic acids is 2. The molecule has 1 amide bonds. The Balaban J connectivity index is 1.74. The van der Waals surface area contributed by atoms with Gasteiger partial charge in [-0.2, -0.15) is 0 Å². The molecule has 0 atom stereocenters. The number of para-hydroxylation sites is 2. The van der Waals surface area contributed by atoms with Crippen LogP contribution >= 0.6 is 0 Å². The summed E-state index contributed by atoms with van der Waals surface area (Å²) in [5.41, 5.74) is 3.07. The predicted octanol–water partition coefficient (Wildman–Crippen LogP) is 5.07. The van der Waals surface area contributed by atoms with Gasteiger partial charge in [0.1, 0.15) is 5.75 Å². The number of Topliss-reactive ketones (excluding diaryl/α,β-unsaturated/α-hetero) is 1. The average Bonchev–Trinajstić information content (AvgIpc) is 2.70. The van der Waals surface area contributed by atoms with Gasteiger partial charge in [0, 0.05) is 17.4 Å². The molecule has 0 aliphatic heterocycles. The molecule has 1 aromatic heterocycles. The smallest absolute Gasteiger partial charge is 0.257 e. The Labute approximate surface area is 169 Å². The number of hydrogen-bond donors (Lipinski definition) is 2. The highest BCUT2D eigenvalue weighted by Gasteiger charge is 2.10. The summed E-state index contributed by atoms with van der Waals surface area (Å²) in [6.07, 6.45) is 3.19. The first-order valence-electron chi connectivity index (χ1n) is 9.32. The third-order valence-corrected chi connectivity index (χ3v) is 4.08. The molecule has 6 heteroatoms. The lowest BCUT2D eigenvalue weighted by atomic mass is 10.1. The monoisotopic (exact) mass is 389 g/mol. The topological polar surface area (TPSA) is 80.3 Å². The number of benzene rings is 2. The molecule has 3 rings (SSSR count). The third kappa shape index (κ3) is 5.42. The van der Waals surface area contributed by atoms with Crippen LogP contribution in [0.25, 0.3) is 0 Å². The highest BCUT2D eigenvalue weighted by molar-refractivity contribution is 6.05. The van der Waals surface area contributed by atoms with Crippen LogP contribution in [0.5, 0.6) is 5.75 Å². The molecule has 0 bridgehead atoms. The van der Waals surface area contributed by atoms with Crippen LogP contribution < -0.4 is 15.4 Å². The van der Waals surface area contributed by atoms with E-state index in [-0.39, 0.29) is 17.8 Å². The first-order chi connectivity index (χ1) is 13.9. The van der Waals surface area contributed by atoms with E-state index in [2.05, 4.69) is 15.6 Å². The second kappa shape index (κ2) is 9.01. The molecule has 0 aliphatic carbocycles. The maximum Gasteiger partial charge on any atom is 0.257 e. The fraction of sp³-hybridized carbons (Fsp3) is 0.174.